The molecule has 0 aromatic carbocycles. The number of aryl methyl sites for hydroxylation is 2. The molecule has 3 rings (SSSR count). The molecule has 0 aliphatic heterocycles. The molecule has 3 aromatic rings. The zero-order valence-corrected chi connectivity index (χ0v) is 15.4. The van der Waals surface area contributed by atoms with E-state index in [-0.39, 0.29) is 5.56 Å². The van der Waals surface area contributed by atoms with Crippen molar-refractivity contribution in [3.63, 3.8) is 0 Å². The lowest BCUT2D eigenvalue weighted by molar-refractivity contribution is 0.0688. The van der Waals surface area contributed by atoms with Crippen LogP contribution in [0, 0.1) is 6.92 Å². The van der Waals surface area contributed by atoms with Crippen LogP contribution in [-0.4, -0.2) is 24.6 Å². The first kappa shape index (κ1) is 17.9. The predicted molar refractivity (Wildman–Crippen MR) is 100 cm³/mol. The van der Waals surface area contributed by atoms with E-state index >= 15 is 0 Å². The summed E-state index contributed by atoms with van der Waals surface area (Å²) in [6.07, 6.45) is 4.13. The zero-order chi connectivity index (χ0) is 18.9. The number of rotatable bonds is 4. The van der Waals surface area contributed by atoms with Crippen molar-refractivity contribution in [3.8, 4) is 17.1 Å². The fourth-order valence-electron chi connectivity index (χ4n) is 2.79. The van der Waals surface area contributed by atoms with Crippen LogP contribution in [0.15, 0.2) is 47.5 Å². The average Bonchev–Trinajstić information content (AvgIpc) is 2.61. The van der Waals surface area contributed by atoms with Gasteiger partial charge in [-0.1, -0.05) is 13.0 Å². The van der Waals surface area contributed by atoms with Gasteiger partial charge in [-0.15, -0.1) is 0 Å². The predicted octanol–water partition coefficient (Wildman–Crippen LogP) is 2.79. The van der Waals surface area contributed by atoms with Gasteiger partial charge in [0, 0.05) is 24.2 Å². The third-order valence-corrected chi connectivity index (χ3v) is 4.20. The second-order valence-corrected chi connectivity index (χ2v) is 6.72. The maximum Gasteiger partial charge on any atom is 0.255 e. The van der Waals surface area contributed by atoms with E-state index in [0.29, 0.717) is 17.2 Å². The average molecular weight is 350 g/mol. The van der Waals surface area contributed by atoms with Gasteiger partial charge in [0.15, 0.2) is 5.82 Å². The van der Waals surface area contributed by atoms with Gasteiger partial charge in [-0.25, -0.2) is 9.97 Å². The van der Waals surface area contributed by atoms with Crippen molar-refractivity contribution in [2.45, 2.75) is 39.7 Å². The smallest absolute Gasteiger partial charge is 0.255 e. The van der Waals surface area contributed by atoms with Crippen LogP contribution in [0.2, 0.25) is 0 Å². The minimum absolute atomic E-state index is 0.0864. The van der Waals surface area contributed by atoms with Crippen LogP contribution in [0.3, 0.4) is 0 Å². The molecule has 1 N–H and O–H groups in total. The standard InChI is InChI=1S/C20H22N4O2/c1-5-14-12-22-16(15-9-10-21-19(23-15)20(3,4)26)11-17(14)24-13(2)7-6-8-18(24)25/h6-12,26H,5H2,1-4H3. The second kappa shape index (κ2) is 6.80. The van der Waals surface area contributed by atoms with Crippen LogP contribution in [0.5, 0.6) is 0 Å². The summed E-state index contributed by atoms with van der Waals surface area (Å²) in [4.78, 5) is 25.5. The highest BCUT2D eigenvalue weighted by Gasteiger charge is 2.20. The topological polar surface area (TPSA) is 80.9 Å². The molecule has 6 nitrogen and oxygen atoms in total. The van der Waals surface area contributed by atoms with Crippen molar-refractivity contribution < 1.29 is 5.11 Å². The Balaban J connectivity index is 2.20. The lowest BCUT2D eigenvalue weighted by atomic mass is 10.1. The number of pyridine rings is 2. The van der Waals surface area contributed by atoms with Crippen molar-refractivity contribution >= 4 is 0 Å². The summed E-state index contributed by atoms with van der Waals surface area (Å²) < 4.78 is 1.68. The summed E-state index contributed by atoms with van der Waals surface area (Å²) in [5, 5.41) is 10.2. The summed E-state index contributed by atoms with van der Waals surface area (Å²) in [5.41, 5.74) is 2.62. The molecular formula is C20H22N4O2. The molecule has 0 bridgehead atoms. The second-order valence-electron chi connectivity index (χ2n) is 6.72. The number of aliphatic hydroxyl groups is 1. The first-order chi connectivity index (χ1) is 12.3. The maximum atomic E-state index is 12.4. The van der Waals surface area contributed by atoms with Crippen LogP contribution in [0.4, 0.5) is 0 Å². The van der Waals surface area contributed by atoms with E-state index in [0.717, 1.165) is 23.4 Å². The van der Waals surface area contributed by atoms with Crippen molar-refractivity contribution in [1.82, 2.24) is 19.5 Å². The highest BCUT2D eigenvalue weighted by molar-refractivity contribution is 5.59. The summed E-state index contributed by atoms with van der Waals surface area (Å²) in [7, 11) is 0. The van der Waals surface area contributed by atoms with Gasteiger partial charge in [0.05, 0.1) is 17.1 Å². The molecule has 3 heterocycles. The van der Waals surface area contributed by atoms with Crippen LogP contribution in [0.25, 0.3) is 17.1 Å². The lowest BCUT2D eigenvalue weighted by Gasteiger charge is -2.17. The van der Waals surface area contributed by atoms with Crippen LogP contribution in [0.1, 0.15) is 37.9 Å². The Bertz CT molecular complexity index is 1000. The third-order valence-electron chi connectivity index (χ3n) is 4.20. The van der Waals surface area contributed by atoms with Gasteiger partial charge in [-0.3, -0.25) is 14.3 Å². The van der Waals surface area contributed by atoms with Crippen molar-refractivity contribution in [2.75, 3.05) is 0 Å². The fourth-order valence-corrected chi connectivity index (χ4v) is 2.79. The summed E-state index contributed by atoms with van der Waals surface area (Å²) in [6.45, 7) is 7.20. The molecule has 0 atom stereocenters. The largest absolute Gasteiger partial charge is 0.382 e. The molecule has 0 saturated heterocycles. The molecular weight excluding hydrogens is 328 g/mol. The number of hydrogen-bond donors (Lipinski definition) is 1. The van der Waals surface area contributed by atoms with Gasteiger partial charge in [-0.05, 0) is 51.0 Å². The van der Waals surface area contributed by atoms with Crippen LogP contribution >= 0.6 is 0 Å². The molecule has 0 unspecified atom stereocenters. The van der Waals surface area contributed by atoms with Crippen molar-refractivity contribution in [3.05, 3.63) is 70.2 Å². The molecule has 0 saturated carbocycles. The molecule has 0 aliphatic carbocycles. The van der Waals surface area contributed by atoms with Crippen molar-refractivity contribution in [2.24, 2.45) is 0 Å². The first-order valence-electron chi connectivity index (χ1n) is 8.55. The molecule has 0 amide bonds. The third kappa shape index (κ3) is 3.41. The molecule has 3 aromatic heterocycles. The number of hydrogen-bond acceptors (Lipinski definition) is 5. The van der Waals surface area contributed by atoms with Gasteiger partial charge >= 0.3 is 0 Å². The van der Waals surface area contributed by atoms with E-state index in [4.69, 9.17) is 0 Å². The number of aromatic nitrogens is 4. The quantitative estimate of drug-likeness (QED) is 0.782. The first-order valence-corrected chi connectivity index (χ1v) is 8.55. The summed E-state index contributed by atoms with van der Waals surface area (Å²) in [6, 6.07) is 8.81. The minimum atomic E-state index is -1.14. The monoisotopic (exact) mass is 350 g/mol. The van der Waals surface area contributed by atoms with Crippen molar-refractivity contribution in [1.29, 1.82) is 0 Å². The van der Waals surface area contributed by atoms with Gasteiger partial charge in [0.2, 0.25) is 0 Å². The molecule has 0 radical (unpaired) electrons. The fraction of sp³-hybridized carbons (Fsp3) is 0.300. The van der Waals surface area contributed by atoms with Crippen LogP contribution in [-0.2, 0) is 12.0 Å². The molecule has 0 fully saturated rings. The van der Waals surface area contributed by atoms with Gasteiger partial charge in [0.1, 0.15) is 5.60 Å². The van der Waals surface area contributed by atoms with E-state index in [2.05, 4.69) is 15.0 Å². The maximum absolute atomic E-state index is 12.4. The lowest BCUT2D eigenvalue weighted by Crippen LogP contribution is -2.21. The van der Waals surface area contributed by atoms with Gasteiger partial charge in [-0.2, -0.15) is 0 Å². The van der Waals surface area contributed by atoms with E-state index in [1.54, 1.807) is 49.0 Å². The number of nitrogens with zero attached hydrogens (tertiary/aromatic N) is 4. The summed E-state index contributed by atoms with van der Waals surface area (Å²) >= 11 is 0. The molecule has 6 heteroatoms. The zero-order valence-electron chi connectivity index (χ0n) is 15.4. The highest BCUT2D eigenvalue weighted by atomic mass is 16.3. The molecule has 134 valence electrons. The molecule has 0 aliphatic rings. The van der Waals surface area contributed by atoms with E-state index in [9.17, 15) is 9.90 Å². The van der Waals surface area contributed by atoms with Gasteiger partial charge < -0.3 is 5.11 Å². The highest BCUT2D eigenvalue weighted by Crippen LogP contribution is 2.23. The van der Waals surface area contributed by atoms with E-state index in [1.165, 1.54) is 0 Å². The van der Waals surface area contributed by atoms with E-state index in [1.807, 2.05) is 26.0 Å². The Morgan fingerprint density at radius 3 is 2.58 bits per heavy atom. The van der Waals surface area contributed by atoms with E-state index < -0.39 is 5.60 Å². The Morgan fingerprint density at radius 2 is 1.92 bits per heavy atom. The minimum Gasteiger partial charge on any atom is -0.382 e. The Labute approximate surface area is 152 Å². The van der Waals surface area contributed by atoms with Gasteiger partial charge in [0.25, 0.3) is 5.56 Å². The van der Waals surface area contributed by atoms with Crippen LogP contribution < -0.4 is 5.56 Å². The normalized spacial score (nSPS) is 11.6. The Hall–Kier alpha value is -2.86. The Morgan fingerprint density at radius 1 is 1.15 bits per heavy atom. The Kier molecular flexibility index (Phi) is 4.70. The SMILES string of the molecule is CCc1cnc(-c2ccnc(C(C)(C)O)n2)cc1-n1c(C)cccc1=O. The molecule has 26 heavy (non-hydrogen) atoms. The summed E-state index contributed by atoms with van der Waals surface area (Å²) in [5.74, 6) is 0.325. The molecule has 0 spiro atoms.